The molecular formula is C13H19FN2. The van der Waals surface area contributed by atoms with E-state index in [1.807, 2.05) is 12.1 Å². The van der Waals surface area contributed by atoms with E-state index in [0.717, 1.165) is 18.7 Å². The van der Waals surface area contributed by atoms with Crippen molar-refractivity contribution in [2.75, 3.05) is 13.1 Å². The Hall–Kier alpha value is -0.930. The fourth-order valence-corrected chi connectivity index (χ4v) is 2.30. The van der Waals surface area contributed by atoms with Crippen molar-refractivity contribution >= 4 is 0 Å². The first-order chi connectivity index (χ1) is 7.58. The minimum atomic E-state index is -0.178. The molecule has 2 N–H and O–H groups in total. The van der Waals surface area contributed by atoms with Crippen LogP contribution in [0.15, 0.2) is 24.3 Å². The monoisotopic (exact) mass is 222 g/mol. The summed E-state index contributed by atoms with van der Waals surface area (Å²) in [7, 11) is 0. The second-order valence-corrected chi connectivity index (χ2v) is 4.82. The van der Waals surface area contributed by atoms with Crippen LogP contribution >= 0.6 is 0 Å². The van der Waals surface area contributed by atoms with Gasteiger partial charge in [0.15, 0.2) is 0 Å². The Labute approximate surface area is 96.2 Å². The van der Waals surface area contributed by atoms with E-state index in [1.54, 1.807) is 0 Å². The van der Waals surface area contributed by atoms with Crippen LogP contribution in [0.25, 0.3) is 0 Å². The number of rotatable bonds is 2. The number of likely N-dealkylation sites (tertiary alicyclic amines) is 1. The third-order valence-corrected chi connectivity index (χ3v) is 3.60. The summed E-state index contributed by atoms with van der Waals surface area (Å²) in [6.45, 7) is 6.29. The average Bonchev–Trinajstić information content (AvgIpc) is 2.59. The highest BCUT2D eigenvalue weighted by molar-refractivity contribution is 5.19. The van der Waals surface area contributed by atoms with Crippen molar-refractivity contribution in [3.8, 4) is 0 Å². The first-order valence-electron chi connectivity index (χ1n) is 5.83. The molecule has 0 radical (unpaired) electrons. The van der Waals surface area contributed by atoms with Gasteiger partial charge in [-0.2, -0.15) is 0 Å². The summed E-state index contributed by atoms with van der Waals surface area (Å²) in [5, 5.41) is 0. The maximum atomic E-state index is 12.8. The van der Waals surface area contributed by atoms with Gasteiger partial charge in [-0.1, -0.05) is 19.1 Å². The zero-order valence-electron chi connectivity index (χ0n) is 9.86. The molecule has 1 saturated heterocycles. The van der Waals surface area contributed by atoms with Crippen molar-refractivity contribution in [1.82, 2.24) is 4.90 Å². The second kappa shape index (κ2) is 4.52. The van der Waals surface area contributed by atoms with Crippen LogP contribution in [0.5, 0.6) is 0 Å². The highest BCUT2D eigenvalue weighted by Gasteiger charge is 2.29. The number of hydrogen-bond donors (Lipinski definition) is 1. The molecular weight excluding hydrogens is 203 g/mol. The molecule has 0 aliphatic carbocycles. The van der Waals surface area contributed by atoms with Gasteiger partial charge in [-0.15, -0.1) is 0 Å². The third kappa shape index (κ3) is 2.25. The maximum Gasteiger partial charge on any atom is 0.123 e. The Kier molecular flexibility index (Phi) is 3.26. The van der Waals surface area contributed by atoms with E-state index in [2.05, 4.69) is 18.7 Å². The number of benzene rings is 1. The van der Waals surface area contributed by atoms with Gasteiger partial charge in [0, 0.05) is 25.2 Å². The second-order valence-electron chi connectivity index (χ2n) is 4.82. The van der Waals surface area contributed by atoms with E-state index in [-0.39, 0.29) is 11.9 Å². The number of hydrogen-bond acceptors (Lipinski definition) is 2. The van der Waals surface area contributed by atoms with Crippen molar-refractivity contribution < 1.29 is 4.39 Å². The third-order valence-electron chi connectivity index (χ3n) is 3.60. The summed E-state index contributed by atoms with van der Waals surface area (Å²) in [6, 6.07) is 7.33. The van der Waals surface area contributed by atoms with Crippen LogP contribution in [0.1, 0.15) is 25.5 Å². The van der Waals surface area contributed by atoms with E-state index < -0.39 is 0 Å². The van der Waals surface area contributed by atoms with Crippen molar-refractivity contribution in [3.63, 3.8) is 0 Å². The first-order valence-corrected chi connectivity index (χ1v) is 5.83. The van der Waals surface area contributed by atoms with Crippen LogP contribution in [0.4, 0.5) is 4.39 Å². The summed E-state index contributed by atoms with van der Waals surface area (Å²) in [5.41, 5.74) is 7.16. The topological polar surface area (TPSA) is 29.3 Å². The summed E-state index contributed by atoms with van der Waals surface area (Å²) in [5.74, 6) is 0.366. The maximum absolute atomic E-state index is 12.8. The van der Waals surface area contributed by atoms with Gasteiger partial charge < -0.3 is 5.73 Å². The molecule has 3 heteroatoms. The highest BCUT2D eigenvalue weighted by Crippen LogP contribution is 2.26. The van der Waals surface area contributed by atoms with Gasteiger partial charge in [-0.25, -0.2) is 4.39 Å². The lowest BCUT2D eigenvalue weighted by molar-refractivity contribution is 0.253. The van der Waals surface area contributed by atoms with E-state index in [1.165, 1.54) is 12.1 Å². The molecule has 1 heterocycles. The average molecular weight is 222 g/mol. The van der Waals surface area contributed by atoms with Gasteiger partial charge in [0.25, 0.3) is 0 Å². The van der Waals surface area contributed by atoms with Gasteiger partial charge >= 0.3 is 0 Å². The number of nitrogens with zero attached hydrogens (tertiary/aromatic N) is 1. The van der Waals surface area contributed by atoms with Gasteiger partial charge in [-0.05, 0) is 30.5 Å². The van der Waals surface area contributed by atoms with Crippen LogP contribution in [0.2, 0.25) is 0 Å². The summed E-state index contributed by atoms with van der Waals surface area (Å²) >= 11 is 0. The van der Waals surface area contributed by atoms with Crippen LogP contribution in [0.3, 0.4) is 0 Å². The molecule has 1 aliphatic rings. The SMILES string of the molecule is CC1CN(C(C)c2ccc(F)cc2)CC1N. The zero-order valence-corrected chi connectivity index (χ0v) is 9.86. The van der Waals surface area contributed by atoms with Gasteiger partial charge in [0.1, 0.15) is 5.82 Å². The molecule has 2 nitrogen and oxygen atoms in total. The van der Waals surface area contributed by atoms with Crippen molar-refractivity contribution in [1.29, 1.82) is 0 Å². The largest absolute Gasteiger partial charge is 0.326 e. The lowest BCUT2D eigenvalue weighted by Crippen LogP contribution is -2.29. The summed E-state index contributed by atoms with van der Waals surface area (Å²) in [6.07, 6.45) is 0. The van der Waals surface area contributed by atoms with Gasteiger partial charge in [0.2, 0.25) is 0 Å². The summed E-state index contributed by atoms with van der Waals surface area (Å²) in [4.78, 5) is 2.36. The predicted molar refractivity (Wildman–Crippen MR) is 63.5 cm³/mol. The Balaban J connectivity index is 2.08. The standard InChI is InChI=1S/C13H19FN2/c1-9-7-16(8-13(9)15)10(2)11-3-5-12(14)6-4-11/h3-6,9-10,13H,7-8,15H2,1-2H3. The molecule has 1 aliphatic heterocycles. The molecule has 3 unspecified atom stereocenters. The van der Waals surface area contributed by atoms with Crippen LogP contribution in [-0.4, -0.2) is 24.0 Å². The number of halogens is 1. The molecule has 1 aromatic rings. The molecule has 2 rings (SSSR count). The van der Waals surface area contributed by atoms with Crippen LogP contribution < -0.4 is 5.73 Å². The van der Waals surface area contributed by atoms with Gasteiger partial charge in [0.05, 0.1) is 0 Å². The van der Waals surface area contributed by atoms with Crippen molar-refractivity contribution in [2.24, 2.45) is 11.7 Å². The lowest BCUT2D eigenvalue weighted by Gasteiger charge is -2.24. The lowest BCUT2D eigenvalue weighted by atomic mass is 10.1. The first kappa shape index (κ1) is 11.6. The highest BCUT2D eigenvalue weighted by atomic mass is 19.1. The van der Waals surface area contributed by atoms with Crippen LogP contribution in [-0.2, 0) is 0 Å². The van der Waals surface area contributed by atoms with E-state index in [0.29, 0.717) is 12.0 Å². The molecule has 88 valence electrons. The molecule has 16 heavy (non-hydrogen) atoms. The van der Waals surface area contributed by atoms with E-state index in [4.69, 9.17) is 5.73 Å². The molecule has 0 amide bonds. The normalized spacial score (nSPS) is 28.2. The zero-order chi connectivity index (χ0) is 11.7. The van der Waals surface area contributed by atoms with Crippen molar-refractivity contribution in [2.45, 2.75) is 25.9 Å². The van der Waals surface area contributed by atoms with Gasteiger partial charge in [-0.3, -0.25) is 4.90 Å². The molecule has 0 saturated carbocycles. The molecule has 1 fully saturated rings. The molecule has 0 spiro atoms. The van der Waals surface area contributed by atoms with E-state index >= 15 is 0 Å². The Morgan fingerprint density at radius 2 is 1.94 bits per heavy atom. The van der Waals surface area contributed by atoms with E-state index in [9.17, 15) is 4.39 Å². The fraction of sp³-hybridized carbons (Fsp3) is 0.538. The summed E-state index contributed by atoms with van der Waals surface area (Å²) < 4.78 is 12.8. The minimum absolute atomic E-state index is 0.178. The quantitative estimate of drug-likeness (QED) is 0.831. The Bertz CT molecular complexity index is 339. The predicted octanol–water partition coefficient (Wildman–Crippen LogP) is 2.17. The van der Waals surface area contributed by atoms with Crippen LogP contribution in [0, 0.1) is 11.7 Å². The number of nitrogens with two attached hydrogens (primary N) is 1. The molecule has 3 atom stereocenters. The smallest absolute Gasteiger partial charge is 0.123 e. The molecule has 0 bridgehead atoms. The Morgan fingerprint density at radius 1 is 1.31 bits per heavy atom. The molecule has 1 aromatic carbocycles. The minimum Gasteiger partial charge on any atom is -0.326 e. The fourth-order valence-electron chi connectivity index (χ4n) is 2.30. The Morgan fingerprint density at radius 3 is 2.44 bits per heavy atom. The molecule has 0 aromatic heterocycles. The van der Waals surface area contributed by atoms with Crippen molar-refractivity contribution in [3.05, 3.63) is 35.6 Å².